The van der Waals surface area contributed by atoms with E-state index >= 15 is 0 Å². The summed E-state index contributed by atoms with van der Waals surface area (Å²) in [6, 6.07) is 3.40. The molecule has 0 atom stereocenters. The molecule has 0 spiro atoms. The number of halogens is 2. The van der Waals surface area contributed by atoms with Crippen molar-refractivity contribution < 1.29 is 8.78 Å². The molecule has 0 aliphatic carbocycles. The molecule has 0 fully saturated rings. The van der Waals surface area contributed by atoms with Gasteiger partial charge in [0.25, 0.3) is 0 Å². The molecule has 0 heterocycles. The van der Waals surface area contributed by atoms with Crippen LogP contribution in [0.15, 0.2) is 18.2 Å². The summed E-state index contributed by atoms with van der Waals surface area (Å²) in [4.78, 5) is 1.60. The summed E-state index contributed by atoms with van der Waals surface area (Å²) >= 11 is 0. The smallest absolute Gasteiger partial charge is 0.146 e. The van der Waals surface area contributed by atoms with Gasteiger partial charge in [-0.05, 0) is 19.2 Å². The average Bonchev–Trinajstić information content (AvgIpc) is 2.09. The number of nitrogens with zero attached hydrogens (tertiary/aromatic N) is 1. The van der Waals surface area contributed by atoms with Crippen LogP contribution in [0.4, 0.5) is 14.5 Å². The first-order chi connectivity index (χ1) is 6.15. The molecule has 0 saturated carbocycles. The minimum atomic E-state index is -0.431. The Morgan fingerprint density at radius 2 is 2.08 bits per heavy atom. The minimum Gasteiger partial charge on any atom is -0.359 e. The summed E-state index contributed by atoms with van der Waals surface area (Å²) in [5, 5.41) is 2.85. The van der Waals surface area contributed by atoms with Gasteiger partial charge in [0, 0.05) is 13.1 Å². The van der Waals surface area contributed by atoms with Gasteiger partial charge in [-0.3, -0.25) is 0 Å². The van der Waals surface area contributed by atoms with Gasteiger partial charge in [-0.2, -0.15) is 0 Å². The van der Waals surface area contributed by atoms with Crippen molar-refractivity contribution in [1.29, 1.82) is 0 Å². The molecule has 1 aromatic carbocycles. The number of hydrogen-bond donors (Lipinski definition) is 1. The molecule has 0 aliphatic heterocycles. The van der Waals surface area contributed by atoms with Crippen LogP contribution in [0.2, 0.25) is 0 Å². The van der Waals surface area contributed by atoms with Gasteiger partial charge in [0.05, 0.1) is 12.4 Å². The molecule has 0 aliphatic rings. The maximum Gasteiger partial charge on any atom is 0.146 e. The lowest BCUT2D eigenvalue weighted by atomic mass is 10.3. The fourth-order valence-electron chi connectivity index (χ4n) is 1.10. The van der Waals surface area contributed by atoms with Crippen LogP contribution in [0.1, 0.15) is 0 Å². The van der Waals surface area contributed by atoms with Crippen molar-refractivity contribution >= 4 is 5.69 Å². The first-order valence-corrected chi connectivity index (χ1v) is 3.96. The summed E-state index contributed by atoms with van der Waals surface area (Å²) in [6.45, 7) is 0.473. The molecule has 0 radical (unpaired) electrons. The Hall–Kier alpha value is -1.16. The van der Waals surface area contributed by atoms with E-state index < -0.39 is 11.6 Å². The molecule has 0 amide bonds. The first-order valence-electron chi connectivity index (χ1n) is 3.96. The highest BCUT2D eigenvalue weighted by Crippen LogP contribution is 2.18. The van der Waals surface area contributed by atoms with Gasteiger partial charge in [-0.25, -0.2) is 8.78 Å². The fourth-order valence-corrected chi connectivity index (χ4v) is 1.10. The molecule has 1 N–H and O–H groups in total. The molecule has 0 aromatic heterocycles. The molecule has 72 valence electrons. The van der Waals surface area contributed by atoms with E-state index in [1.165, 1.54) is 6.07 Å². The van der Waals surface area contributed by atoms with E-state index in [0.717, 1.165) is 12.1 Å². The Morgan fingerprint density at radius 3 is 2.69 bits per heavy atom. The van der Waals surface area contributed by atoms with Crippen molar-refractivity contribution in [3.05, 3.63) is 29.8 Å². The third-order valence-corrected chi connectivity index (χ3v) is 1.71. The van der Waals surface area contributed by atoms with E-state index in [2.05, 4.69) is 5.32 Å². The van der Waals surface area contributed by atoms with Crippen molar-refractivity contribution in [2.45, 2.75) is 0 Å². The Labute approximate surface area is 76.2 Å². The van der Waals surface area contributed by atoms with Crippen molar-refractivity contribution in [2.75, 3.05) is 25.7 Å². The largest absolute Gasteiger partial charge is 0.359 e. The van der Waals surface area contributed by atoms with E-state index in [9.17, 15) is 8.78 Å². The van der Waals surface area contributed by atoms with Gasteiger partial charge in [0.2, 0.25) is 0 Å². The molecule has 1 rings (SSSR count). The van der Waals surface area contributed by atoms with E-state index in [1.807, 2.05) is 0 Å². The lowest BCUT2D eigenvalue weighted by Gasteiger charge is -2.19. The molecule has 1 aromatic rings. The first kappa shape index (κ1) is 9.92. The van der Waals surface area contributed by atoms with Crippen LogP contribution in [0, 0.1) is 11.6 Å². The summed E-state index contributed by atoms with van der Waals surface area (Å²) in [6.07, 6.45) is 0. The number of rotatable bonds is 3. The Bertz CT molecular complexity index is 289. The summed E-state index contributed by atoms with van der Waals surface area (Å²) in [5.41, 5.74) is 0.259. The van der Waals surface area contributed by atoms with Crippen LogP contribution < -0.4 is 10.2 Å². The van der Waals surface area contributed by atoms with E-state index in [4.69, 9.17) is 0 Å². The van der Waals surface area contributed by atoms with E-state index in [0.29, 0.717) is 6.67 Å². The Kier molecular flexibility index (Phi) is 3.19. The monoisotopic (exact) mass is 186 g/mol. The van der Waals surface area contributed by atoms with Gasteiger partial charge in [0.15, 0.2) is 0 Å². The van der Waals surface area contributed by atoms with Crippen LogP contribution in [0.25, 0.3) is 0 Å². The van der Waals surface area contributed by atoms with Crippen molar-refractivity contribution in [3.63, 3.8) is 0 Å². The maximum absolute atomic E-state index is 13.1. The zero-order chi connectivity index (χ0) is 9.84. The fraction of sp³-hybridized carbons (Fsp3) is 0.333. The average molecular weight is 186 g/mol. The zero-order valence-electron chi connectivity index (χ0n) is 7.64. The van der Waals surface area contributed by atoms with Crippen molar-refractivity contribution in [3.8, 4) is 0 Å². The minimum absolute atomic E-state index is 0.259. The molecule has 0 bridgehead atoms. The van der Waals surface area contributed by atoms with Crippen LogP contribution in [0.5, 0.6) is 0 Å². The molecule has 0 unspecified atom stereocenters. The standard InChI is InChI=1S/C9H12F2N2/c1-12-6-13(2)9-5-7(10)3-4-8(9)11/h3-5,12H,6H2,1-2H3. The van der Waals surface area contributed by atoms with Crippen LogP contribution in [-0.2, 0) is 0 Å². The highest BCUT2D eigenvalue weighted by molar-refractivity contribution is 5.46. The topological polar surface area (TPSA) is 15.3 Å². The molecule has 0 saturated heterocycles. The van der Waals surface area contributed by atoms with Crippen molar-refractivity contribution in [1.82, 2.24) is 5.32 Å². The second-order valence-electron chi connectivity index (χ2n) is 2.81. The third-order valence-electron chi connectivity index (χ3n) is 1.71. The molecular weight excluding hydrogens is 174 g/mol. The molecule has 4 heteroatoms. The lowest BCUT2D eigenvalue weighted by molar-refractivity contribution is 0.594. The predicted molar refractivity (Wildman–Crippen MR) is 48.7 cm³/mol. The van der Waals surface area contributed by atoms with Gasteiger partial charge in [0.1, 0.15) is 11.6 Å². The normalized spacial score (nSPS) is 10.2. The predicted octanol–water partition coefficient (Wildman–Crippen LogP) is 1.58. The maximum atomic E-state index is 13.1. The van der Waals surface area contributed by atoms with E-state index in [1.54, 1.807) is 19.0 Å². The Morgan fingerprint density at radius 1 is 1.38 bits per heavy atom. The molecule has 2 nitrogen and oxygen atoms in total. The van der Waals surface area contributed by atoms with Crippen molar-refractivity contribution in [2.24, 2.45) is 0 Å². The second kappa shape index (κ2) is 4.18. The number of benzene rings is 1. The molecule has 13 heavy (non-hydrogen) atoms. The lowest BCUT2D eigenvalue weighted by Crippen LogP contribution is -2.28. The quantitative estimate of drug-likeness (QED) is 0.721. The number of nitrogens with one attached hydrogen (secondary N) is 1. The van der Waals surface area contributed by atoms with Crippen LogP contribution in [0.3, 0.4) is 0 Å². The van der Waals surface area contributed by atoms with Gasteiger partial charge < -0.3 is 10.2 Å². The summed E-state index contributed by atoms with van der Waals surface area (Å²) < 4.78 is 25.8. The second-order valence-corrected chi connectivity index (χ2v) is 2.81. The van der Waals surface area contributed by atoms with E-state index in [-0.39, 0.29) is 5.69 Å². The van der Waals surface area contributed by atoms with Crippen LogP contribution >= 0.6 is 0 Å². The SMILES string of the molecule is CNCN(C)c1cc(F)ccc1F. The van der Waals surface area contributed by atoms with Gasteiger partial charge in [-0.1, -0.05) is 0 Å². The van der Waals surface area contributed by atoms with Crippen LogP contribution in [-0.4, -0.2) is 20.8 Å². The number of hydrogen-bond acceptors (Lipinski definition) is 2. The summed E-state index contributed by atoms with van der Waals surface area (Å²) in [5.74, 6) is -0.849. The van der Waals surface area contributed by atoms with Gasteiger partial charge in [-0.15, -0.1) is 0 Å². The number of anilines is 1. The third kappa shape index (κ3) is 2.39. The highest BCUT2D eigenvalue weighted by Gasteiger charge is 2.07. The Balaban J connectivity index is 2.91. The molecular formula is C9H12F2N2. The highest BCUT2D eigenvalue weighted by atomic mass is 19.1. The zero-order valence-corrected chi connectivity index (χ0v) is 7.64. The van der Waals surface area contributed by atoms with Gasteiger partial charge >= 0.3 is 0 Å². The summed E-state index contributed by atoms with van der Waals surface area (Å²) in [7, 11) is 3.43.